The van der Waals surface area contributed by atoms with Gasteiger partial charge in [0.1, 0.15) is 6.10 Å². The Bertz CT molecular complexity index is 724. The van der Waals surface area contributed by atoms with E-state index in [1.54, 1.807) is 4.90 Å². The van der Waals surface area contributed by atoms with Gasteiger partial charge in [-0.25, -0.2) is 4.79 Å². The van der Waals surface area contributed by atoms with E-state index in [9.17, 15) is 9.59 Å². The van der Waals surface area contributed by atoms with E-state index in [-0.39, 0.29) is 5.91 Å². The number of benzene rings is 1. The summed E-state index contributed by atoms with van der Waals surface area (Å²) in [7, 11) is 0. The number of hydrogen-bond donors (Lipinski definition) is 2. The first-order valence-corrected chi connectivity index (χ1v) is 7.82. The van der Waals surface area contributed by atoms with Crippen molar-refractivity contribution in [2.75, 3.05) is 6.54 Å². The Hall–Kier alpha value is -2.34. The van der Waals surface area contributed by atoms with E-state index in [4.69, 9.17) is 9.84 Å². The number of carbonyl (C=O) groups excluding carboxylic acids is 1. The number of ether oxygens (including phenoxy) is 1. The van der Waals surface area contributed by atoms with E-state index in [0.29, 0.717) is 25.9 Å². The molecule has 1 aromatic carbocycles. The number of likely N-dealkylation sites (N-methyl/N-ethyl adjacent to an activating group) is 1. The highest BCUT2D eigenvalue weighted by Gasteiger charge is 2.36. The fourth-order valence-electron chi connectivity index (χ4n) is 3.02. The fraction of sp³-hybridized carbons (Fsp3) is 0.412. The Labute approximate surface area is 134 Å². The third-order valence-electron chi connectivity index (χ3n) is 4.30. The van der Waals surface area contributed by atoms with Gasteiger partial charge in [-0.3, -0.25) is 4.79 Å². The van der Waals surface area contributed by atoms with Crippen molar-refractivity contribution in [1.29, 1.82) is 0 Å². The molecule has 0 unspecified atom stereocenters. The molecule has 3 rings (SSSR count). The Balaban J connectivity index is 1.72. The molecule has 1 amide bonds. The van der Waals surface area contributed by atoms with Crippen molar-refractivity contribution in [3.63, 3.8) is 0 Å². The molecule has 2 aromatic rings. The predicted octanol–water partition coefficient (Wildman–Crippen LogP) is 2.15. The van der Waals surface area contributed by atoms with Gasteiger partial charge < -0.3 is 19.7 Å². The number of carboxylic acid groups (broad SMARTS) is 1. The van der Waals surface area contributed by atoms with E-state index in [2.05, 4.69) is 4.98 Å². The number of H-pyrrole nitrogens is 1. The van der Waals surface area contributed by atoms with Crippen LogP contribution in [0.4, 0.5) is 0 Å². The normalized spacial score (nSPS) is 20.7. The third-order valence-corrected chi connectivity index (χ3v) is 4.30. The molecule has 1 fully saturated rings. The summed E-state index contributed by atoms with van der Waals surface area (Å²) in [6.45, 7) is 2.95. The molecule has 2 atom stereocenters. The standard InChI is InChI=1S/C17H20N2O4/c1-2-19(16(20)14-7-8-15(23-14)17(21)22)10-11-9-18-13-6-4-3-5-12(11)13/h3-6,9,14-15,18H,2,7-8,10H2,1H3,(H,21,22)/t14-,15+/m0/s1. The molecule has 1 aliphatic heterocycles. The molecule has 23 heavy (non-hydrogen) atoms. The second kappa shape index (κ2) is 6.42. The van der Waals surface area contributed by atoms with Gasteiger partial charge in [-0.1, -0.05) is 18.2 Å². The van der Waals surface area contributed by atoms with Gasteiger partial charge in [-0.2, -0.15) is 0 Å². The fourth-order valence-corrected chi connectivity index (χ4v) is 3.02. The number of aromatic nitrogens is 1. The smallest absolute Gasteiger partial charge is 0.332 e. The van der Waals surface area contributed by atoms with Gasteiger partial charge in [-0.05, 0) is 31.4 Å². The van der Waals surface area contributed by atoms with Gasteiger partial charge in [0.05, 0.1) is 0 Å². The average Bonchev–Trinajstić information content (AvgIpc) is 3.19. The minimum Gasteiger partial charge on any atom is -0.479 e. The van der Waals surface area contributed by atoms with Crippen LogP contribution in [-0.4, -0.2) is 45.6 Å². The van der Waals surface area contributed by atoms with E-state index in [0.717, 1.165) is 16.5 Å². The molecule has 0 radical (unpaired) electrons. The first-order valence-electron chi connectivity index (χ1n) is 7.82. The van der Waals surface area contributed by atoms with Gasteiger partial charge in [0, 0.05) is 30.2 Å². The largest absolute Gasteiger partial charge is 0.479 e. The molecular formula is C17H20N2O4. The van der Waals surface area contributed by atoms with Crippen molar-refractivity contribution in [1.82, 2.24) is 9.88 Å². The van der Waals surface area contributed by atoms with Crippen molar-refractivity contribution in [3.8, 4) is 0 Å². The Kier molecular flexibility index (Phi) is 4.34. The zero-order chi connectivity index (χ0) is 16.4. The van der Waals surface area contributed by atoms with Crippen LogP contribution < -0.4 is 0 Å². The molecule has 1 aliphatic rings. The summed E-state index contributed by atoms with van der Waals surface area (Å²) in [6.07, 6.45) is 1.24. The van der Waals surface area contributed by atoms with Gasteiger partial charge in [0.15, 0.2) is 6.10 Å². The topological polar surface area (TPSA) is 82.6 Å². The number of carbonyl (C=O) groups is 2. The zero-order valence-electron chi connectivity index (χ0n) is 13.0. The number of nitrogens with zero attached hydrogens (tertiary/aromatic N) is 1. The van der Waals surface area contributed by atoms with Crippen LogP contribution in [-0.2, 0) is 20.9 Å². The lowest BCUT2D eigenvalue weighted by Crippen LogP contribution is -2.39. The summed E-state index contributed by atoms with van der Waals surface area (Å²) in [4.78, 5) is 28.5. The van der Waals surface area contributed by atoms with Crippen LogP contribution in [0.2, 0.25) is 0 Å². The van der Waals surface area contributed by atoms with Gasteiger partial charge in [0.25, 0.3) is 5.91 Å². The molecule has 6 nitrogen and oxygen atoms in total. The van der Waals surface area contributed by atoms with E-state index >= 15 is 0 Å². The van der Waals surface area contributed by atoms with Crippen molar-refractivity contribution in [2.45, 2.75) is 38.5 Å². The summed E-state index contributed by atoms with van der Waals surface area (Å²) in [5.74, 6) is -1.14. The van der Waals surface area contributed by atoms with Crippen LogP contribution in [0.25, 0.3) is 10.9 Å². The predicted molar refractivity (Wildman–Crippen MR) is 84.9 cm³/mol. The molecular weight excluding hydrogens is 296 g/mol. The van der Waals surface area contributed by atoms with E-state index in [1.165, 1.54) is 0 Å². The minimum absolute atomic E-state index is 0.137. The van der Waals surface area contributed by atoms with Gasteiger partial charge >= 0.3 is 5.97 Å². The molecule has 2 heterocycles. The van der Waals surface area contributed by atoms with E-state index < -0.39 is 18.2 Å². The number of rotatable bonds is 5. The Morgan fingerprint density at radius 2 is 2.04 bits per heavy atom. The second-order valence-corrected chi connectivity index (χ2v) is 5.74. The maximum absolute atomic E-state index is 12.6. The summed E-state index contributed by atoms with van der Waals surface area (Å²) >= 11 is 0. The number of nitrogens with one attached hydrogen (secondary N) is 1. The molecule has 0 spiro atoms. The number of hydrogen-bond acceptors (Lipinski definition) is 3. The highest BCUT2D eigenvalue weighted by Crippen LogP contribution is 2.24. The average molecular weight is 316 g/mol. The van der Waals surface area contributed by atoms with Crippen LogP contribution in [0.5, 0.6) is 0 Å². The van der Waals surface area contributed by atoms with Crippen molar-refractivity contribution in [2.24, 2.45) is 0 Å². The highest BCUT2D eigenvalue weighted by atomic mass is 16.5. The minimum atomic E-state index is -1.00. The van der Waals surface area contributed by atoms with Crippen molar-refractivity contribution >= 4 is 22.8 Å². The summed E-state index contributed by atoms with van der Waals surface area (Å²) < 4.78 is 5.38. The molecule has 1 saturated heterocycles. The zero-order valence-corrected chi connectivity index (χ0v) is 13.0. The number of fused-ring (bicyclic) bond motifs is 1. The summed E-state index contributed by atoms with van der Waals surface area (Å²) in [6, 6.07) is 7.94. The SMILES string of the molecule is CCN(Cc1c[nH]c2ccccc12)C(=O)[C@@H]1CC[C@H](C(=O)O)O1. The molecule has 0 aliphatic carbocycles. The van der Waals surface area contributed by atoms with Crippen LogP contribution in [0.15, 0.2) is 30.5 Å². The van der Waals surface area contributed by atoms with Crippen molar-refractivity contribution in [3.05, 3.63) is 36.0 Å². The van der Waals surface area contributed by atoms with Crippen LogP contribution in [0.3, 0.4) is 0 Å². The Morgan fingerprint density at radius 3 is 2.74 bits per heavy atom. The molecule has 0 saturated carbocycles. The summed E-state index contributed by atoms with van der Waals surface area (Å²) in [5, 5.41) is 10.1. The maximum Gasteiger partial charge on any atom is 0.332 e. The number of para-hydroxylation sites is 1. The van der Waals surface area contributed by atoms with Gasteiger partial charge in [0.2, 0.25) is 0 Å². The second-order valence-electron chi connectivity index (χ2n) is 5.74. The monoisotopic (exact) mass is 316 g/mol. The molecule has 122 valence electrons. The number of carboxylic acids is 1. The molecule has 0 bridgehead atoms. The van der Waals surface area contributed by atoms with E-state index in [1.807, 2.05) is 37.4 Å². The molecule has 2 N–H and O–H groups in total. The van der Waals surface area contributed by atoms with Crippen molar-refractivity contribution < 1.29 is 19.4 Å². The lowest BCUT2D eigenvalue weighted by atomic mass is 10.1. The quantitative estimate of drug-likeness (QED) is 0.885. The number of aromatic amines is 1. The lowest BCUT2D eigenvalue weighted by Gasteiger charge is -2.24. The van der Waals surface area contributed by atoms with Gasteiger partial charge in [-0.15, -0.1) is 0 Å². The lowest BCUT2D eigenvalue weighted by molar-refractivity contribution is -0.154. The molecule has 1 aromatic heterocycles. The first kappa shape index (κ1) is 15.6. The third kappa shape index (κ3) is 3.07. The van der Waals surface area contributed by atoms with Crippen LogP contribution in [0, 0.1) is 0 Å². The molecule has 6 heteroatoms. The van der Waals surface area contributed by atoms with Crippen LogP contribution in [0.1, 0.15) is 25.3 Å². The number of amides is 1. The highest BCUT2D eigenvalue weighted by molar-refractivity contribution is 5.85. The summed E-state index contributed by atoms with van der Waals surface area (Å²) in [5.41, 5.74) is 2.08. The first-order chi connectivity index (χ1) is 11.1. The Morgan fingerprint density at radius 1 is 1.30 bits per heavy atom. The number of aliphatic carboxylic acids is 1. The van der Waals surface area contributed by atoms with Crippen LogP contribution >= 0.6 is 0 Å². The maximum atomic E-state index is 12.6.